The monoisotopic (exact) mass is 292 g/mol. The van der Waals surface area contributed by atoms with Crippen molar-refractivity contribution in [1.82, 2.24) is 0 Å². The van der Waals surface area contributed by atoms with Gasteiger partial charge in [0, 0.05) is 17.0 Å². The lowest BCUT2D eigenvalue weighted by Crippen LogP contribution is -2.10. The highest BCUT2D eigenvalue weighted by Gasteiger charge is 2.14. The molecule has 0 fully saturated rings. The van der Waals surface area contributed by atoms with Gasteiger partial charge < -0.3 is 10.4 Å². The molecule has 0 spiro atoms. The molecule has 1 aromatic carbocycles. The Bertz CT molecular complexity index is 666. The van der Waals surface area contributed by atoms with Crippen molar-refractivity contribution in [1.29, 1.82) is 0 Å². The zero-order valence-electron chi connectivity index (χ0n) is 10.6. The number of hydrogen-bond donors (Lipinski definition) is 2. The normalized spacial score (nSPS) is 10.2. The van der Waals surface area contributed by atoms with Gasteiger partial charge in [0.15, 0.2) is 0 Å². The fraction of sp³-hybridized carbons (Fsp3) is 0.154. The maximum absolute atomic E-state index is 12.0. The lowest BCUT2D eigenvalue weighted by molar-refractivity contribution is -0.384. The number of rotatable bonds is 4. The van der Waals surface area contributed by atoms with Gasteiger partial charge in [0.1, 0.15) is 5.75 Å². The second kappa shape index (κ2) is 5.70. The summed E-state index contributed by atoms with van der Waals surface area (Å²) in [5, 5.41) is 22.8. The highest BCUT2D eigenvalue weighted by molar-refractivity contribution is 7.14. The number of nitrogens with one attached hydrogen (secondary N) is 1. The number of anilines is 1. The van der Waals surface area contributed by atoms with E-state index in [1.54, 1.807) is 6.07 Å². The maximum Gasteiger partial charge on any atom is 0.271 e. The van der Waals surface area contributed by atoms with Crippen LogP contribution >= 0.6 is 11.3 Å². The van der Waals surface area contributed by atoms with Crippen LogP contribution in [0.15, 0.2) is 30.3 Å². The highest BCUT2D eigenvalue weighted by atomic mass is 32.1. The average Bonchev–Trinajstić information content (AvgIpc) is 2.89. The topological polar surface area (TPSA) is 92.5 Å². The number of hydrogen-bond acceptors (Lipinski definition) is 5. The minimum atomic E-state index is -0.588. The van der Waals surface area contributed by atoms with Crippen LogP contribution in [0.5, 0.6) is 5.75 Å². The molecule has 0 unspecified atom stereocenters. The molecule has 20 heavy (non-hydrogen) atoms. The van der Waals surface area contributed by atoms with Gasteiger partial charge in [0.05, 0.1) is 15.5 Å². The van der Waals surface area contributed by atoms with Gasteiger partial charge >= 0.3 is 0 Å². The quantitative estimate of drug-likeness (QED) is 0.514. The maximum atomic E-state index is 12.0. The molecule has 1 aromatic heterocycles. The zero-order chi connectivity index (χ0) is 14.7. The third-order valence-electron chi connectivity index (χ3n) is 2.67. The van der Waals surface area contributed by atoms with Crippen molar-refractivity contribution in [2.75, 3.05) is 5.32 Å². The van der Waals surface area contributed by atoms with Gasteiger partial charge in [-0.1, -0.05) is 6.92 Å². The van der Waals surface area contributed by atoms with Gasteiger partial charge in [-0.15, -0.1) is 11.3 Å². The molecule has 2 aromatic rings. The summed E-state index contributed by atoms with van der Waals surface area (Å²) in [5.74, 6) is -0.610. The second-order valence-electron chi connectivity index (χ2n) is 4.03. The number of benzene rings is 1. The van der Waals surface area contributed by atoms with Crippen molar-refractivity contribution in [3.63, 3.8) is 0 Å². The second-order valence-corrected chi connectivity index (χ2v) is 5.20. The summed E-state index contributed by atoms with van der Waals surface area (Å²) in [5.41, 5.74) is -0.172. The largest absolute Gasteiger partial charge is 0.506 e. The summed E-state index contributed by atoms with van der Waals surface area (Å²) in [4.78, 5) is 23.6. The van der Waals surface area contributed by atoms with E-state index in [1.807, 2.05) is 13.0 Å². The molecule has 0 bridgehead atoms. The average molecular weight is 292 g/mol. The van der Waals surface area contributed by atoms with E-state index in [2.05, 4.69) is 5.32 Å². The van der Waals surface area contributed by atoms with Gasteiger partial charge in [-0.25, -0.2) is 0 Å². The van der Waals surface area contributed by atoms with Crippen LogP contribution in [0.4, 0.5) is 11.4 Å². The molecule has 2 N–H and O–H groups in total. The van der Waals surface area contributed by atoms with Crippen molar-refractivity contribution in [3.8, 4) is 5.75 Å². The molecule has 0 atom stereocenters. The first-order valence-corrected chi connectivity index (χ1v) is 6.70. The first kappa shape index (κ1) is 14.0. The molecule has 1 heterocycles. The lowest BCUT2D eigenvalue weighted by atomic mass is 10.2. The van der Waals surface area contributed by atoms with Gasteiger partial charge in [0.2, 0.25) is 0 Å². The molecule has 7 heteroatoms. The van der Waals surface area contributed by atoms with E-state index < -0.39 is 10.8 Å². The summed E-state index contributed by atoms with van der Waals surface area (Å²) >= 11 is 1.35. The zero-order valence-corrected chi connectivity index (χ0v) is 11.4. The Morgan fingerprint density at radius 3 is 2.75 bits per heavy atom. The van der Waals surface area contributed by atoms with E-state index in [9.17, 15) is 20.0 Å². The number of phenolic OH excluding ortho intramolecular Hbond substituents is 1. The van der Waals surface area contributed by atoms with Gasteiger partial charge in [-0.05, 0) is 24.6 Å². The first-order valence-electron chi connectivity index (χ1n) is 5.88. The molecular weight excluding hydrogens is 280 g/mol. The Labute approximate surface area is 118 Å². The SMILES string of the molecule is CCc1ccc(C(=O)Nc2cc([N+](=O)[O-])ccc2O)s1. The first-order chi connectivity index (χ1) is 9.51. The summed E-state index contributed by atoms with van der Waals surface area (Å²) in [6, 6.07) is 7.02. The van der Waals surface area contributed by atoms with Crippen LogP contribution in [-0.2, 0) is 6.42 Å². The van der Waals surface area contributed by atoms with Crippen LogP contribution in [0.1, 0.15) is 21.5 Å². The third kappa shape index (κ3) is 2.94. The number of aryl methyl sites for hydroxylation is 1. The van der Waals surface area contributed by atoms with E-state index in [0.29, 0.717) is 4.88 Å². The molecular formula is C13H12N2O4S. The van der Waals surface area contributed by atoms with Crippen LogP contribution < -0.4 is 5.32 Å². The van der Waals surface area contributed by atoms with Crippen LogP contribution in [0, 0.1) is 10.1 Å². The van der Waals surface area contributed by atoms with Crippen molar-refractivity contribution in [3.05, 3.63) is 50.2 Å². The van der Waals surface area contributed by atoms with Crippen LogP contribution in [-0.4, -0.2) is 15.9 Å². The smallest absolute Gasteiger partial charge is 0.271 e. The molecule has 6 nitrogen and oxygen atoms in total. The van der Waals surface area contributed by atoms with Crippen molar-refractivity contribution >= 4 is 28.6 Å². The predicted octanol–water partition coefficient (Wildman–Crippen LogP) is 3.18. The lowest BCUT2D eigenvalue weighted by Gasteiger charge is -2.05. The molecule has 0 aliphatic carbocycles. The molecule has 104 valence electrons. The van der Waals surface area contributed by atoms with E-state index in [-0.39, 0.29) is 17.1 Å². The Balaban J connectivity index is 2.22. The van der Waals surface area contributed by atoms with E-state index in [0.717, 1.165) is 17.4 Å². The molecule has 0 saturated carbocycles. The summed E-state index contributed by atoms with van der Waals surface area (Å²) in [7, 11) is 0. The molecule has 0 saturated heterocycles. The number of aromatic hydroxyl groups is 1. The fourth-order valence-electron chi connectivity index (χ4n) is 1.61. The number of non-ortho nitro benzene ring substituents is 1. The molecule has 1 amide bonds. The Morgan fingerprint density at radius 1 is 1.40 bits per heavy atom. The number of carbonyl (C=O) groups excluding carboxylic acids is 1. The van der Waals surface area contributed by atoms with Crippen molar-refractivity contribution in [2.45, 2.75) is 13.3 Å². The number of nitro benzene ring substituents is 1. The molecule has 0 aliphatic rings. The highest BCUT2D eigenvalue weighted by Crippen LogP contribution is 2.29. The summed E-state index contributed by atoms with van der Waals surface area (Å²) in [6.07, 6.45) is 0.833. The van der Waals surface area contributed by atoms with Gasteiger partial charge in [-0.3, -0.25) is 14.9 Å². The fourth-order valence-corrected chi connectivity index (χ4v) is 2.45. The Morgan fingerprint density at radius 2 is 2.15 bits per heavy atom. The van der Waals surface area contributed by atoms with Crippen molar-refractivity contribution < 1.29 is 14.8 Å². The number of thiophene rings is 1. The van der Waals surface area contributed by atoms with E-state index >= 15 is 0 Å². The molecule has 0 radical (unpaired) electrons. The Hall–Kier alpha value is -2.41. The number of nitrogens with zero attached hydrogens (tertiary/aromatic N) is 1. The van der Waals surface area contributed by atoms with Gasteiger partial charge in [0.25, 0.3) is 11.6 Å². The predicted molar refractivity (Wildman–Crippen MR) is 76.4 cm³/mol. The summed E-state index contributed by atoms with van der Waals surface area (Å²) < 4.78 is 0. The van der Waals surface area contributed by atoms with Crippen LogP contribution in [0.25, 0.3) is 0 Å². The van der Waals surface area contributed by atoms with Crippen molar-refractivity contribution in [2.24, 2.45) is 0 Å². The molecule has 2 rings (SSSR count). The minimum Gasteiger partial charge on any atom is -0.506 e. The van der Waals surface area contributed by atoms with Crippen LogP contribution in [0.2, 0.25) is 0 Å². The van der Waals surface area contributed by atoms with E-state index in [1.165, 1.54) is 23.5 Å². The standard InChI is InChI=1S/C13H12N2O4S/c1-2-9-4-6-12(20-9)13(17)14-10-7-8(15(18)19)3-5-11(10)16/h3-7,16H,2H2,1H3,(H,14,17). The van der Waals surface area contributed by atoms with Crippen LogP contribution in [0.3, 0.4) is 0 Å². The third-order valence-corrected chi connectivity index (χ3v) is 3.90. The van der Waals surface area contributed by atoms with E-state index in [4.69, 9.17) is 0 Å². The van der Waals surface area contributed by atoms with Gasteiger partial charge in [-0.2, -0.15) is 0 Å². The Kier molecular flexibility index (Phi) is 3.99. The summed E-state index contributed by atoms with van der Waals surface area (Å²) in [6.45, 7) is 1.99. The number of phenols is 1. The number of carbonyl (C=O) groups is 1. The number of nitro groups is 1. The molecule has 0 aliphatic heterocycles. The minimum absolute atomic E-state index is 0.0237. The number of amides is 1.